The van der Waals surface area contributed by atoms with Gasteiger partial charge in [0.25, 0.3) is 0 Å². The van der Waals surface area contributed by atoms with Crippen molar-refractivity contribution >= 4 is 5.91 Å². The molecule has 1 aliphatic rings. The average molecular weight is 256 g/mol. The third-order valence-corrected chi connectivity index (χ3v) is 3.62. The maximum absolute atomic E-state index is 11.9. The maximum Gasteiger partial charge on any atom is 0.223 e. The van der Waals surface area contributed by atoms with E-state index in [0.29, 0.717) is 5.92 Å². The van der Waals surface area contributed by atoms with E-state index in [1.54, 1.807) is 0 Å². The molecule has 4 nitrogen and oxygen atoms in total. The highest BCUT2D eigenvalue weighted by atomic mass is 16.5. The van der Waals surface area contributed by atoms with E-state index in [2.05, 4.69) is 5.32 Å². The molecule has 18 heavy (non-hydrogen) atoms. The Bertz CT molecular complexity index is 236. The molecular weight excluding hydrogens is 228 g/mol. The first-order valence-electron chi connectivity index (χ1n) is 7.22. The van der Waals surface area contributed by atoms with Crippen LogP contribution in [0.25, 0.3) is 0 Å². The third-order valence-electron chi connectivity index (χ3n) is 3.62. The first-order valence-corrected chi connectivity index (χ1v) is 7.22. The summed E-state index contributed by atoms with van der Waals surface area (Å²) < 4.78 is 5.43. The molecule has 0 heterocycles. The Morgan fingerprint density at radius 3 is 2.56 bits per heavy atom. The van der Waals surface area contributed by atoms with Gasteiger partial charge in [-0.2, -0.15) is 0 Å². The third kappa shape index (κ3) is 5.83. The number of carbonyl (C=O) groups excluding carboxylic acids is 1. The van der Waals surface area contributed by atoms with E-state index in [0.717, 1.165) is 51.8 Å². The number of nitrogens with two attached hydrogens (primary N) is 1. The highest BCUT2D eigenvalue weighted by molar-refractivity contribution is 5.78. The van der Waals surface area contributed by atoms with Crippen molar-refractivity contribution in [3.05, 3.63) is 0 Å². The molecule has 0 unspecified atom stereocenters. The van der Waals surface area contributed by atoms with Gasteiger partial charge >= 0.3 is 0 Å². The van der Waals surface area contributed by atoms with E-state index in [1.807, 2.05) is 13.8 Å². The van der Waals surface area contributed by atoms with Crippen molar-refractivity contribution in [3.63, 3.8) is 0 Å². The van der Waals surface area contributed by atoms with Crippen molar-refractivity contribution in [3.8, 4) is 0 Å². The molecule has 0 spiro atoms. The van der Waals surface area contributed by atoms with Gasteiger partial charge in [0, 0.05) is 19.1 Å². The minimum Gasteiger partial charge on any atom is -0.379 e. The van der Waals surface area contributed by atoms with E-state index in [-0.39, 0.29) is 17.9 Å². The Hall–Kier alpha value is -0.610. The fourth-order valence-electron chi connectivity index (χ4n) is 2.41. The molecule has 0 atom stereocenters. The highest BCUT2D eigenvalue weighted by Crippen LogP contribution is 2.28. The molecule has 0 bridgehead atoms. The van der Waals surface area contributed by atoms with Gasteiger partial charge in [0.2, 0.25) is 5.91 Å². The van der Waals surface area contributed by atoms with E-state index in [9.17, 15) is 4.79 Å². The highest BCUT2D eigenvalue weighted by Gasteiger charge is 2.25. The monoisotopic (exact) mass is 256 g/mol. The molecule has 0 aromatic rings. The van der Waals surface area contributed by atoms with Crippen molar-refractivity contribution in [2.24, 2.45) is 17.6 Å². The molecule has 0 aromatic carbocycles. The lowest BCUT2D eigenvalue weighted by atomic mass is 9.81. The fourth-order valence-corrected chi connectivity index (χ4v) is 2.41. The number of hydrogen-bond acceptors (Lipinski definition) is 3. The SMILES string of the molecule is CC(C)OCCCNC(=O)C1CCC(CN)CC1. The Morgan fingerprint density at radius 2 is 2.00 bits per heavy atom. The van der Waals surface area contributed by atoms with Gasteiger partial charge in [-0.05, 0) is 58.4 Å². The van der Waals surface area contributed by atoms with Crippen LogP contribution in [0, 0.1) is 11.8 Å². The molecule has 1 amide bonds. The molecule has 3 N–H and O–H groups in total. The second-order valence-electron chi connectivity index (χ2n) is 5.52. The summed E-state index contributed by atoms with van der Waals surface area (Å²) in [6, 6.07) is 0. The Labute approximate surface area is 111 Å². The van der Waals surface area contributed by atoms with Crippen LogP contribution in [-0.2, 0) is 9.53 Å². The molecule has 1 rings (SSSR count). The van der Waals surface area contributed by atoms with Crippen LogP contribution in [0.1, 0.15) is 46.0 Å². The summed E-state index contributed by atoms with van der Waals surface area (Å²) in [4.78, 5) is 11.9. The van der Waals surface area contributed by atoms with Crippen molar-refractivity contribution in [1.82, 2.24) is 5.32 Å². The lowest BCUT2D eigenvalue weighted by molar-refractivity contribution is -0.126. The predicted octanol–water partition coefficient (Wildman–Crippen LogP) is 1.68. The number of rotatable bonds is 7. The van der Waals surface area contributed by atoms with Crippen LogP contribution in [-0.4, -0.2) is 31.7 Å². The van der Waals surface area contributed by atoms with Crippen LogP contribution in [0.5, 0.6) is 0 Å². The van der Waals surface area contributed by atoms with Crippen LogP contribution in [0.15, 0.2) is 0 Å². The van der Waals surface area contributed by atoms with Gasteiger partial charge in [0.15, 0.2) is 0 Å². The Kier molecular flexibility index (Phi) is 7.28. The summed E-state index contributed by atoms with van der Waals surface area (Å²) >= 11 is 0. The van der Waals surface area contributed by atoms with Crippen molar-refractivity contribution < 1.29 is 9.53 Å². The molecule has 1 aliphatic carbocycles. The minimum atomic E-state index is 0.207. The van der Waals surface area contributed by atoms with E-state index < -0.39 is 0 Å². The summed E-state index contributed by atoms with van der Waals surface area (Å²) in [5.74, 6) is 1.06. The second kappa shape index (κ2) is 8.48. The molecular formula is C14H28N2O2. The molecule has 106 valence electrons. The van der Waals surface area contributed by atoms with Gasteiger partial charge in [-0.15, -0.1) is 0 Å². The Morgan fingerprint density at radius 1 is 1.33 bits per heavy atom. The molecule has 4 heteroatoms. The van der Waals surface area contributed by atoms with Gasteiger partial charge in [-0.25, -0.2) is 0 Å². The zero-order valence-electron chi connectivity index (χ0n) is 11.8. The number of hydrogen-bond donors (Lipinski definition) is 2. The molecule has 1 fully saturated rings. The van der Waals surface area contributed by atoms with Crippen LogP contribution >= 0.6 is 0 Å². The van der Waals surface area contributed by atoms with Crippen LogP contribution < -0.4 is 11.1 Å². The van der Waals surface area contributed by atoms with Crippen molar-refractivity contribution in [2.75, 3.05) is 19.7 Å². The number of carbonyl (C=O) groups is 1. The van der Waals surface area contributed by atoms with Crippen molar-refractivity contribution in [1.29, 1.82) is 0 Å². The fraction of sp³-hybridized carbons (Fsp3) is 0.929. The lowest BCUT2D eigenvalue weighted by Gasteiger charge is -2.26. The first-order chi connectivity index (χ1) is 8.63. The zero-order chi connectivity index (χ0) is 13.4. The molecule has 0 radical (unpaired) electrons. The zero-order valence-corrected chi connectivity index (χ0v) is 11.8. The smallest absolute Gasteiger partial charge is 0.223 e. The standard InChI is InChI=1S/C14H28N2O2/c1-11(2)18-9-3-8-16-14(17)13-6-4-12(10-15)5-7-13/h11-13H,3-10,15H2,1-2H3,(H,16,17). The second-order valence-corrected chi connectivity index (χ2v) is 5.52. The van der Waals surface area contributed by atoms with Crippen LogP contribution in [0.4, 0.5) is 0 Å². The van der Waals surface area contributed by atoms with E-state index in [4.69, 9.17) is 10.5 Å². The topological polar surface area (TPSA) is 64.3 Å². The maximum atomic E-state index is 11.9. The number of nitrogens with one attached hydrogen (secondary N) is 1. The van der Waals surface area contributed by atoms with Gasteiger partial charge in [0.1, 0.15) is 0 Å². The van der Waals surface area contributed by atoms with Crippen LogP contribution in [0.2, 0.25) is 0 Å². The average Bonchev–Trinajstić information content (AvgIpc) is 2.38. The number of amides is 1. The quantitative estimate of drug-likeness (QED) is 0.681. The van der Waals surface area contributed by atoms with Gasteiger partial charge in [0.05, 0.1) is 6.10 Å². The predicted molar refractivity (Wildman–Crippen MR) is 73.2 cm³/mol. The normalized spacial score (nSPS) is 24.2. The lowest BCUT2D eigenvalue weighted by Crippen LogP contribution is -2.35. The van der Waals surface area contributed by atoms with Gasteiger partial charge in [-0.1, -0.05) is 0 Å². The van der Waals surface area contributed by atoms with Gasteiger partial charge in [-0.3, -0.25) is 4.79 Å². The summed E-state index contributed by atoms with van der Waals surface area (Å²) in [6.07, 6.45) is 5.36. The Balaban J connectivity index is 2.07. The summed E-state index contributed by atoms with van der Waals surface area (Å²) in [7, 11) is 0. The summed E-state index contributed by atoms with van der Waals surface area (Å²) in [6.45, 7) is 6.25. The van der Waals surface area contributed by atoms with Crippen molar-refractivity contribution in [2.45, 2.75) is 52.1 Å². The summed E-state index contributed by atoms with van der Waals surface area (Å²) in [5.41, 5.74) is 5.65. The first kappa shape index (κ1) is 15.4. The molecule has 0 saturated heterocycles. The van der Waals surface area contributed by atoms with Crippen LogP contribution in [0.3, 0.4) is 0 Å². The van der Waals surface area contributed by atoms with E-state index >= 15 is 0 Å². The summed E-state index contributed by atoms with van der Waals surface area (Å²) in [5, 5.41) is 3.01. The largest absolute Gasteiger partial charge is 0.379 e. The minimum absolute atomic E-state index is 0.207. The number of ether oxygens (including phenoxy) is 1. The molecule has 1 saturated carbocycles. The molecule has 0 aliphatic heterocycles. The van der Waals surface area contributed by atoms with Gasteiger partial charge < -0.3 is 15.8 Å². The molecule has 0 aromatic heterocycles. The van der Waals surface area contributed by atoms with E-state index in [1.165, 1.54) is 0 Å².